The Labute approximate surface area is 155 Å². The van der Waals surface area contributed by atoms with Crippen LogP contribution >= 0.6 is 11.3 Å². The van der Waals surface area contributed by atoms with Crippen molar-refractivity contribution in [2.45, 2.75) is 13.5 Å². The van der Waals surface area contributed by atoms with Gasteiger partial charge in [0.1, 0.15) is 5.69 Å². The summed E-state index contributed by atoms with van der Waals surface area (Å²) in [6, 6.07) is 17.9. The SMILES string of the molecule is Cc1cnn(C)c1C(=O)N(Cc1ccccc1)c1nc2ccccc2s1. The standard InChI is InChI=1S/C20H18N4OS/c1-14-12-21-23(2)18(14)19(25)24(13-15-8-4-3-5-9-15)20-22-16-10-6-7-11-17(16)26-20/h3-12H,13H2,1-2H3. The van der Waals surface area contributed by atoms with E-state index in [1.807, 2.05) is 61.5 Å². The Bertz CT molecular complexity index is 1020. The molecular weight excluding hydrogens is 344 g/mol. The van der Waals surface area contributed by atoms with E-state index in [4.69, 9.17) is 4.98 Å². The van der Waals surface area contributed by atoms with Crippen molar-refractivity contribution in [3.63, 3.8) is 0 Å². The number of fused-ring (bicyclic) bond motifs is 1. The number of carbonyl (C=O) groups excluding carboxylic acids is 1. The molecule has 2 aromatic heterocycles. The second kappa shape index (κ2) is 6.72. The third-order valence-electron chi connectivity index (χ3n) is 4.27. The molecule has 0 spiro atoms. The number of aromatic nitrogens is 3. The minimum Gasteiger partial charge on any atom is -0.278 e. The molecule has 2 heterocycles. The maximum Gasteiger partial charge on any atom is 0.278 e. The summed E-state index contributed by atoms with van der Waals surface area (Å²) >= 11 is 1.53. The molecule has 0 aliphatic heterocycles. The van der Waals surface area contributed by atoms with Gasteiger partial charge in [-0.05, 0) is 30.2 Å². The molecular formula is C20H18N4OS. The highest BCUT2D eigenvalue weighted by Crippen LogP contribution is 2.31. The smallest absolute Gasteiger partial charge is 0.278 e. The third kappa shape index (κ3) is 2.99. The van der Waals surface area contributed by atoms with E-state index in [0.717, 1.165) is 21.3 Å². The molecule has 1 amide bonds. The van der Waals surface area contributed by atoms with Gasteiger partial charge in [0.2, 0.25) is 0 Å². The molecule has 0 radical (unpaired) electrons. The van der Waals surface area contributed by atoms with Crippen LogP contribution < -0.4 is 4.90 Å². The predicted octanol–water partition coefficient (Wildman–Crippen LogP) is 4.19. The number of rotatable bonds is 4. The zero-order chi connectivity index (χ0) is 18.1. The lowest BCUT2D eigenvalue weighted by molar-refractivity contribution is 0.0975. The molecule has 4 aromatic rings. The summed E-state index contributed by atoms with van der Waals surface area (Å²) in [5, 5.41) is 4.91. The molecule has 4 rings (SSSR count). The predicted molar refractivity (Wildman–Crippen MR) is 105 cm³/mol. The number of para-hydroxylation sites is 1. The molecule has 0 atom stereocenters. The Balaban J connectivity index is 1.79. The first-order chi connectivity index (χ1) is 12.6. The molecule has 0 N–H and O–H groups in total. The molecule has 5 nitrogen and oxygen atoms in total. The van der Waals surface area contributed by atoms with Gasteiger partial charge in [0.05, 0.1) is 23.0 Å². The summed E-state index contributed by atoms with van der Waals surface area (Å²) in [6.07, 6.45) is 1.71. The van der Waals surface area contributed by atoms with Crippen molar-refractivity contribution < 1.29 is 4.79 Å². The molecule has 2 aromatic carbocycles. The zero-order valence-electron chi connectivity index (χ0n) is 14.6. The second-order valence-corrected chi connectivity index (χ2v) is 7.15. The Morgan fingerprint density at radius 2 is 1.85 bits per heavy atom. The van der Waals surface area contributed by atoms with Gasteiger partial charge in [-0.15, -0.1) is 0 Å². The van der Waals surface area contributed by atoms with Crippen LogP contribution in [0.5, 0.6) is 0 Å². The van der Waals surface area contributed by atoms with E-state index in [-0.39, 0.29) is 5.91 Å². The number of hydrogen-bond donors (Lipinski definition) is 0. The molecule has 0 saturated carbocycles. The number of aryl methyl sites for hydroxylation is 2. The van der Waals surface area contributed by atoms with Gasteiger partial charge in [-0.1, -0.05) is 53.8 Å². The van der Waals surface area contributed by atoms with Gasteiger partial charge in [-0.2, -0.15) is 5.10 Å². The van der Waals surface area contributed by atoms with E-state index < -0.39 is 0 Å². The van der Waals surface area contributed by atoms with E-state index in [0.29, 0.717) is 17.4 Å². The molecule has 0 fully saturated rings. The van der Waals surface area contributed by atoms with Crippen LogP contribution in [0.15, 0.2) is 60.8 Å². The van der Waals surface area contributed by atoms with Gasteiger partial charge < -0.3 is 0 Å². The number of thiazole rings is 1. The Morgan fingerprint density at radius 1 is 1.12 bits per heavy atom. The monoisotopic (exact) mass is 362 g/mol. The zero-order valence-corrected chi connectivity index (χ0v) is 15.4. The van der Waals surface area contributed by atoms with Crippen molar-refractivity contribution in [2.24, 2.45) is 7.05 Å². The van der Waals surface area contributed by atoms with E-state index >= 15 is 0 Å². The minimum absolute atomic E-state index is 0.0922. The first-order valence-electron chi connectivity index (χ1n) is 8.33. The van der Waals surface area contributed by atoms with Crippen LogP contribution in [0.4, 0.5) is 5.13 Å². The Morgan fingerprint density at radius 3 is 2.54 bits per heavy atom. The number of benzene rings is 2. The van der Waals surface area contributed by atoms with Gasteiger partial charge in [-0.3, -0.25) is 14.4 Å². The molecule has 0 aliphatic rings. The fraction of sp³-hybridized carbons (Fsp3) is 0.150. The van der Waals surface area contributed by atoms with E-state index in [2.05, 4.69) is 5.10 Å². The number of nitrogens with zero attached hydrogens (tertiary/aromatic N) is 4. The summed E-state index contributed by atoms with van der Waals surface area (Å²) in [6.45, 7) is 2.36. The third-order valence-corrected chi connectivity index (χ3v) is 5.33. The summed E-state index contributed by atoms with van der Waals surface area (Å²) < 4.78 is 2.69. The normalized spacial score (nSPS) is 11.0. The summed E-state index contributed by atoms with van der Waals surface area (Å²) in [5.41, 5.74) is 3.40. The van der Waals surface area contributed by atoms with Crippen molar-refractivity contribution in [2.75, 3.05) is 4.90 Å². The molecule has 0 bridgehead atoms. The Hall–Kier alpha value is -2.99. The van der Waals surface area contributed by atoms with Crippen LogP contribution in [0.1, 0.15) is 21.6 Å². The summed E-state index contributed by atoms with van der Waals surface area (Å²) in [7, 11) is 1.79. The van der Waals surface area contributed by atoms with E-state index in [1.54, 1.807) is 22.8 Å². The quantitative estimate of drug-likeness (QED) is 0.547. The van der Waals surface area contributed by atoms with Gasteiger partial charge in [0.15, 0.2) is 5.13 Å². The average molecular weight is 362 g/mol. The lowest BCUT2D eigenvalue weighted by Crippen LogP contribution is -2.32. The van der Waals surface area contributed by atoms with Crippen molar-refractivity contribution in [3.05, 3.63) is 77.6 Å². The fourth-order valence-electron chi connectivity index (χ4n) is 2.95. The molecule has 0 aliphatic carbocycles. The first-order valence-corrected chi connectivity index (χ1v) is 9.15. The van der Waals surface area contributed by atoms with Crippen LogP contribution in [0.25, 0.3) is 10.2 Å². The van der Waals surface area contributed by atoms with Crippen molar-refractivity contribution in [1.82, 2.24) is 14.8 Å². The van der Waals surface area contributed by atoms with Crippen molar-refractivity contribution in [3.8, 4) is 0 Å². The van der Waals surface area contributed by atoms with Gasteiger partial charge in [0.25, 0.3) is 5.91 Å². The van der Waals surface area contributed by atoms with Crippen LogP contribution in [0.3, 0.4) is 0 Å². The summed E-state index contributed by atoms with van der Waals surface area (Å²) in [4.78, 5) is 19.8. The molecule has 130 valence electrons. The van der Waals surface area contributed by atoms with Crippen LogP contribution in [0.2, 0.25) is 0 Å². The van der Waals surface area contributed by atoms with E-state index in [9.17, 15) is 4.79 Å². The van der Waals surface area contributed by atoms with Crippen molar-refractivity contribution in [1.29, 1.82) is 0 Å². The number of hydrogen-bond acceptors (Lipinski definition) is 4. The summed E-state index contributed by atoms with van der Waals surface area (Å²) in [5.74, 6) is -0.0922. The number of carbonyl (C=O) groups is 1. The second-order valence-electron chi connectivity index (χ2n) is 6.14. The Kier molecular flexibility index (Phi) is 4.26. The van der Waals surface area contributed by atoms with E-state index in [1.165, 1.54) is 11.3 Å². The van der Waals surface area contributed by atoms with Gasteiger partial charge in [0, 0.05) is 7.05 Å². The average Bonchev–Trinajstić information content (AvgIpc) is 3.23. The molecule has 26 heavy (non-hydrogen) atoms. The highest BCUT2D eigenvalue weighted by atomic mass is 32.1. The minimum atomic E-state index is -0.0922. The molecule has 6 heteroatoms. The van der Waals surface area contributed by atoms with Crippen LogP contribution in [-0.4, -0.2) is 20.7 Å². The largest absolute Gasteiger partial charge is 0.278 e. The lowest BCUT2D eigenvalue weighted by Gasteiger charge is -2.20. The van der Waals surface area contributed by atoms with Crippen LogP contribution in [0, 0.1) is 6.92 Å². The molecule has 0 unspecified atom stereocenters. The maximum absolute atomic E-state index is 13.4. The molecule has 0 saturated heterocycles. The van der Waals surface area contributed by atoms with Crippen molar-refractivity contribution >= 4 is 32.6 Å². The number of amides is 1. The highest BCUT2D eigenvalue weighted by molar-refractivity contribution is 7.22. The van der Waals surface area contributed by atoms with Gasteiger partial charge >= 0.3 is 0 Å². The fourth-order valence-corrected chi connectivity index (χ4v) is 3.91. The number of anilines is 1. The topological polar surface area (TPSA) is 51.0 Å². The maximum atomic E-state index is 13.4. The van der Waals surface area contributed by atoms with Gasteiger partial charge in [-0.25, -0.2) is 4.98 Å². The lowest BCUT2D eigenvalue weighted by atomic mass is 10.2. The van der Waals surface area contributed by atoms with Crippen LogP contribution in [-0.2, 0) is 13.6 Å². The highest BCUT2D eigenvalue weighted by Gasteiger charge is 2.25. The first kappa shape index (κ1) is 16.5.